The molecule has 0 unspecified atom stereocenters. The van der Waals surface area contributed by atoms with Gasteiger partial charge in [-0.25, -0.2) is 4.79 Å². The summed E-state index contributed by atoms with van der Waals surface area (Å²) in [5.41, 5.74) is 0.907. The number of amides is 3. The number of carbonyl (C=O) groups is 2. The zero-order valence-corrected chi connectivity index (χ0v) is 18.5. The number of hydrogen-bond donors (Lipinski definition) is 2. The number of thioether (sulfide) groups is 1. The monoisotopic (exact) mass is 418 g/mol. The van der Waals surface area contributed by atoms with E-state index in [1.54, 1.807) is 0 Å². The van der Waals surface area contributed by atoms with Crippen LogP contribution >= 0.6 is 11.8 Å². The first kappa shape index (κ1) is 22.0. The van der Waals surface area contributed by atoms with Crippen molar-refractivity contribution in [2.45, 2.75) is 62.1 Å². The first-order valence-electron chi connectivity index (χ1n) is 10.9. The molecule has 1 aliphatic carbocycles. The Morgan fingerprint density at radius 3 is 2.52 bits per heavy atom. The minimum absolute atomic E-state index is 0.0480. The highest BCUT2D eigenvalue weighted by molar-refractivity contribution is 8.00. The van der Waals surface area contributed by atoms with E-state index in [1.165, 1.54) is 25.7 Å². The number of nitrogens with one attached hydrogen (secondary N) is 2. The topological polar surface area (TPSA) is 64.7 Å². The lowest BCUT2D eigenvalue weighted by Crippen LogP contribution is -2.52. The van der Waals surface area contributed by atoms with Crippen LogP contribution in [-0.2, 0) is 4.79 Å². The Balaban J connectivity index is 1.47. The molecule has 3 amide bonds. The van der Waals surface area contributed by atoms with Crippen molar-refractivity contribution in [2.75, 3.05) is 38.0 Å². The van der Waals surface area contributed by atoms with Crippen molar-refractivity contribution in [3.63, 3.8) is 0 Å². The molecule has 1 saturated carbocycles. The van der Waals surface area contributed by atoms with Gasteiger partial charge in [-0.3, -0.25) is 9.69 Å². The lowest BCUT2D eigenvalue weighted by atomic mass is 10.2. The van der Waals surface area contributed by atoms with Crippen molar-refractivity contribution < 1.29 is 9.59 Å². The van der Waals surface area contributed by atoms with Crippen molar-refractivity contribution in [1.82, 2.24) is 15.1 Å². The molecule has 1 aromatic rings. The molecule has 2 aliphatic rings. The molecule has 1 heterocycles. The quantitative estimate of drug-likeness (QED) is 0.707. The van der Waals surface area contributed by atoms with Gasteiger partial charge in [0.1, 0.15) is 0 Å². The molecule has 3 rings (SSSR count). The number of anilines is 1. The summed E-state index contributed by atoms with van der Waals surface area (Å²) < 4.78 is 0. The van der Waals surface area contributed by atoms with Crippen LogP contribution in [0.3, 0.4) is 0 Å². The fourth-order valence-electron chi connectivity index (χ4n) is 3.79. The maximum Gasteiger partial charge on any atom is 0.321 e. The summed E-state index contributed by atoms with van der Waals surface area (Å²) in [6.45, 7) is 7.21. The van der Waals surface area contributed by atoms with E-state index >= 15 is 0 Å². The molecule has 160 valence electrons. The molecule has 29 heavy (non-hydrogen) atoms. The molecule has 1 aliphatic heterocycles. The van der Waals surface area contributed by atoms with Gasteiger partial charge in [0.15, 0.2) is 0 Å². The van der Waals surface area contributed by atoms with E-state index in [-0.39, 0.29) is 18.0 Å². The van der Waals surface area contributed by atoms with E-state index in [0.29, 0.717) is 24.9 Å². The molecular formula is C22H34N4O2S. The third-order valence-electron chi connectivity index (χ3n) is 5.77. The Kier molecular flexibility index (Phi) is 8.24. The number of nitrogens with zero attached hydrogens (tertiary/aromatic N) is 2. The average molecular weight is 419 g/mol. The second-order valence-corrected chi connectivity index (χ2v) is 9.43. The van der Waals surface area contributed by atoms with E-state index in [9.17, 15) is 9.59 Å². The van der Waals surface area contributed by atoms with Crippen molar-refractivity contribution in [2.24, 2.45) is 0 Å². The molecule has 1 aromatic carbocycles. The third-order valence-corrected chi connectivity index (χ3v) is 7.19. The number of para-hydroxylation sites is 1. The average Bonchev–Trinajstić information content (AvgIpc) is 3.23. The van der Waals surface area contributed by atoms with Crippen LogP contribution < -0.4 is 10.6 Å². The maximum atomic E-state index is 12.8. The maximum absolute atomic E-state index is 12.8. The summed E-state index contributed by atoms with van der Waals surface area (Å²) in [5, 5.41) is 6.78. The molecule has 1 saturated heterocycles. The van der Waals surface area contributed by atoms with Crippen LogP contribution in [0.15, 0.2) is 29.2 Å². The van der Waals surface area contributed by atoms with Crippen LogP contribution in [-0.4, -0.2) is 65.8 Å². The number of benzene rings is 1. The van der Waals surface area contributed by atoms with E-state index in [1.807, 2.05) is 41.8 Å². The Labute approximate surface area is 178 Å². The highest BCUT2D eigenvalue weighted by Gasteiger charge is 2.24. The summed E-state index contributed by atoms with van der Waals surface area (Å²) in [6, 6.07) is 8.26. The van der Waals surface area contributed by atoms with Gasteiger partial charge in [0.25, 0.3) is 0 Å². The summed E-state index contributed by atoms with van der Waals surface area (Å²) in [6.07, 6.45) is 6.08. The van der Waals surface area contributed by atoms with Crippen molar-refractivity contribution in [3.8, 4) is 0 Å². The number of piperazine rings is 1. The predicted molar refractivity (Wildman–Crippen MR) is 119 cm³/mol. The second kappa shape index (κ2) is 10.9. The van der Waals surface area contributed by atoms with Gasteiger partial charge in [-0.05, 0) is 38.3 Å². The number of hydrogen-bond acceptors (Lipinski definition) is 4. The standard InChI is InChI=1S/C22H34N4O2S/c1-3-17(2)23-21(27)16-25-12-14-26(15-13-25)22(28)24-19-10-6-7-11-20(19)29-18-8-4-5-9-18/h6-7,10-11,17-18H,3-5,8-9,12-16H2,1-2H3,(H,23,27)(H,24,28)/t17-/m0/s1. The Morgan fingerprint density at radius 1 is 1.14 bits per heavy atom. The lowest BCUT2D eigenvalue weighted by molar-refractivity contribution is -0.123. The molecule has 0 radical (unpaired) electrons. The predicted octanol–water partition coefficient (Wildman–Crippen LogP) is 3.79. The second-order valence-electron chi connectivity index (χ2n) is 8.09. The van der Waals surface area contributed by atoms with Crippen molar-refractivity contribution in [3.05, 3.63) is 24.3 Å². The van der Waals surface area contributed by atoms with Crippen LogP contribution in [0.1, 0.15) is 46.0 Å². The van der Waals surface area contributed by atoms with Gasteiger partial charge in [-0.2, -0.15) is 0 Å². The Morgan fingerprint density at radius 2 is 1.83 bits per heavy atom. The van der Waals surface area contributed by atoms with Gasteiger partial charge in [0.05, 0.1) is 12.2 Å². The van der Waals surface area contributed by atoms with E-state index in [2.05, 4.69) is 28.5 Å². The lowest BCUT2D eigenvalue weighted by Gasteiger charge is -2.34. The minimum atomic E-state index is -0.0480. The largest absolute Gasteiger partial charge is 0.353 e. The van der Waals surface area contributed by atoms with Gasteiger partial charge in [-0.15, -0.1) is 11.8 Å². The molecule has 6 nitrogen and oxygen atoms in total. The number of urea groups is 1. The van der Waals surface area contributed by atoms with Crippen molar-refractivity contribution in [1.29, 1.82) is 0 Å². The highest BCUT2D eigenvalue weighted by Crippen LogP contribution is 2.38. The molecule has 2 fully saturated rings. The first-order chi connectivity index (χ1) is 14.0. The third kappa shape index (κ3) is 6.64. The van der Waals surface area contributed by atoms with Crippen LogP contribution in [0.2, 0.25) is 0 Å². The fraction of sp³-hybridized carbons (Fsp3) is 0.636. The highest BCUT2D eigenvalue weighted by atomic mass is 32.2. The molecule has 0 spiro atoms. The van der Waals surface area contributed by atoms with Gasteiger partial charge in [0, 0.05) is 42.4 Å². The Hall–Kier alpha value is -1.73. The summed E-state index contributed by atoms with van der Waals surface area (Å²) >= 11 is 1.89. The minimum Gasteiger partial charge on any atom is -0.353 e. The van der Waals surface area contributed by atoms with Gasteiger partial charge in [-0.1, -0.05) is 31.9 Å². The SMILES string of the molecule is CC[C@H](C)NC(=O)CN1CCN(C(=O)Nc2ccccc2SC2CCCC2)CC1. The van der Waals surface area contributed by atoms with E-state index in [4.69, 9.17) is 0 Å². The molecule has 1 atom stereocenters. The number of rotatable bonds is 7. The zero-order chi connectivity index (χ0) is 20.6. The van der Waals surface area contributed by atoms with Crippen molar-refractivity contribution >= 4 is 29.4 Å². The van der Waals surface area contributed by atoms with E-state index < -0.39 is 0 Å². The molecule has 0 bridgehead atoms. The van der Waals surface area contributed by atoms with Crippen LogP contribution in [0.4, 0.5) is 10.5 Å². The van der Waals surface area contributed by atoms with Crippen LogP contribution in [0.25, 0.3) is 0 Å². The molecular weight excluding hydrogens is 384 g/mol. The molecule has 2 N–H and O–H groups in total. The first-order valence-corrected chi connectivity index (χ1v) is 11.8. The van der Waals surface area contributed by atoms with Crippen LogP contribution in [0.5, 0.6) is 0 Å². The number of carbonyl (C=O) groups excluding carboxylic acids is 2. The van der Waals surface area contributed by atoms with Gasteiger partial charge in [0.2, 0.25) is 5.91 Å². The van der Waals surface area contributed by atoms with Gasteiger partial charge < -0.3 is 15.5 Å². The molecule has 7 heteroatoms. The van der Waals surface area contributed by atoms with Gasteiger partial charge >= 0.3 is 6.03 Å². The summed E-state index contributed by atoms with van der Waals surface area (Å²) in [4.78, 5) is 30.0. The Bertz CT molecular complexity index is 685. The summed E-state index contributed by atoms with van der Waals surface area (Å²) in [7, 11) is 0. The molecule has 0 aromatic heterocycles. The van der Waals surface area contributed by atoms with Crippen LogP contribution in [0, 0.1) is 0 Å². The normalized spacial score (nSPS) is 19.2. The zero-order valence-electron chi connectivity index (χ0n) is 17.7. The smallest absolute Gasteiger partial charge is 0.321 e. The fourth-order valence-corrected chi connectivity index (χ4v) is 5.12. The van der Waals surface area contributed by atoms with E-state index in [0.717, 1.165) is 30.1 Å². The summed E-state index contributed by atoms with van der Waals surface area (Å²) in [5.74, 6) is 0.0649.